The zero-order valence-corrected chi connectivity index (χ0v) is 14.2. The quantitative estimate of drug-likeness (QED) is 0.744. The summed E-state index contributed by atoms with van der Waals surface area (Å²) < 4.78 is 1.45. The second-order valence-electron chi connectivity index (χ2n) is 5.32. The fourth-order valence-corrected chi connectivity index (χ4v) is 2.93. The highest BCUT2D eigenvalue weighted by Gasteiger charge is 2.15. The van der Waals surface area contributed by atoms with Crippen LogP contribution in [0.1, 0.15) is 34.4 Å². The summed E-state index contributed by atoms with van der Waals surface area (Å²) in [6.07, 6.45) is 1.59. The summed E-state index contributed by atoms with van der Waals surface area (Å²) in [6.45, 7) is 3.83. The monoisotopic (exact) mass is 343 g/mol. The molecule has 1 amide bonds. The summed E-state index contributed by atoms with van der Waals surface area (Å²) in [5.41, 5.74) is 1.16. The van der Waals surface area contributed by atoms with E-state index in [0.717, 1.165) is 6.42 Å². The summed E-state index contributed by atoms with van der Waals surface area (Å²) >= 11 is 1.36. The van der Waals surface area contributed by atoms with E-state index in [2.05, 4.69) is 20.4 Å². The maximum Gasteiger partial charge on any atom is 0.266 e. The number of aromatic amines is 1. The normalized spacial score (nSPS) is 10.8. The Hall–Kier alpha value is -2.74. The lowest BCUT2D eigenvalue weighted by Gasteiger charge is -2.08. The molecule has 0 aromatic carbocycles. The van der Waals surface area contributed by atoms with Gasteiger partial charge in [0.2, 0.25) is 5.95 Å². The topological polar surface area (TPSA) is 92.7 Å². The van der Waals surface area contributed by atoms with Crippen molar-refractivity contribution in [3.8, 4) is 5.95 Å². The summed E-state index contributed by atoms with van der Waals surface area (Å²) in [6, 6.07) is 6.77. The number of rotatable bonds is 5. The standard InChI is InChI=1S/C16H17N5O2S/c1-3-5-11-9-14(22)19-16(17-11)21-13(8-10(2)20-21)18-15(23)12-6-4-7-24-12/h4,6-9H,3,5H2,1-2H3,(H,18,23)(H,17,19,22). The van der Waals surface area contributed by atoms with E-state index in [9.17, 15) is 9.59 Å². The molecular weight excluding hydrogens is 326 g/mol. The number of carbonyl (C=O) groups is 1. The molecule has 3 aromatic rings. The molecule has 3 heterocycles. The lowest BCUT2D eigenvalue weighted by Crippen LogP contribution is -2.19. The average molecular weight is 343 g/mol. The van der Waals surface area contributed by atoms with E-state index in [1.54, 1.807) is 12.1 Å². The summed E-state index contributed by atoms with van der Waals surface area (Å²) in [4.78, 5) is 31.8. The average Bonchev–Trinajstić information content (AvgIpc) is 3.17. The molecule has 0 saturated heterocycles. The smallest absolute Gasteiger partial charge is 0.266 e. The van der Waals surface area contributed by atoms with Crippen LogP contribution < -0.4 is 10.9 Å². The molecular formula is C16H17N5O2S. The number of H-pyrrole nitrogens is 1. The van der Waals surface area contributed by atoms with E-state index in [-0.39, 0.29) is 11.5 Å². The number of hydrogen-bond acceptors (Lipinski definition) is 5. The predicted octanol–water partition coefficient (Wildman–Crippen LogP) is 2.53. The van der Waals surface area contributed by atoms with E-state index in [0.29, 0.717) is 34.5 Å². The number of nitrogens with one attached hydrogen (secondary N) is 2. The van der Waals surface area contributed by atoms with Gasteiger partial charge in [0.05, 0.1) is 10.6 Å². The van der Waals surface area contributed by atoms with Crippen molar-refractivity contribution in [2.24, 2.45) is 0 Å². The van der Waals surface area contributed by atoms with Crippen molar-refractivity contribution < 1.29 is 4.79 Å². The fraction of sp³-hybridized carbons (Fsp3) is 0.250. The van der Waals surface area contributed by atoms with Crippen molar-refractivity contribution in [2.45, 2.75) is 26.7 Å². The third-order valence-electron chi connectivity index (χ3n) is 3.31. The van der Waals surface area contributed by atoms with Gasteiger partial charge in [0.15, 0.2) is 0 Å². The van der Waals surface area contributed by atoms with Crippen LogP contribution in [0.15, 0.2) is 34.4 Å². The van der Waals surface area contributed by atoms with Crippen LogP contribution in [0.5, 0.6) is 0 Å². The highest BCUT2D eigenvalue weighted by atomic mass is 32.1. The molecule has 3 aromatic heterocycles. The van der Waals surface area contributed by atoms with Crippen molar-refractivity contribution >= 4 is 23.1 Å². The van der Waals surface area contributed by atoms with Gasteiger partial charge in [-0.2, -0.15) is 9.78 Å². The molecule has 8 heteroatoms. The first-order chi connectivity index (χ1) is 11.6. The molecule has 2 N–H and O–H groups in total. The van der Waals surface area contributed by atoms with Crippen molar-refractivity contribution in [2.75, 3.05) is 5.32 Å². The van der Waals surface area contributed by atoms with Gasteiger partial charge in [0.1, 0.15) is 5.82 Å². The van der Waals surface area contributed by atoms with E-state index in [1.807, 2.05) is 25.3 Å². The third-order valence-corrected chi connectivity index (χ3v) is 4.18. The minimum Gasteiger partial charge on any atom is -0.306 e. The Labute approximate surface area is 142 Å². The second-order valence-corrected chi connectivity index (χ2v) is 6.27. The number of anilines is 1. The molecule has 0 fully saturated rings. The van der Waals surface area contributed by atoms with Gasteiger partial charge >= 0.3 is 0 Å². The van der Waals surface area contributed by atoms with E-state index in [4.69, 9.17) is 0 Å². The molecule has 0 saturated carbocycles. The van der Waals surface area contributed by atoms with Gasteiger partial charge in [0.25, 0.3) is 11.5 Å². The number of carbonyl (C=O) groups excluding carboxylic acids is 1. The van der Waals surface area contributed by atoms with Gasteiger partial charge in [0, 0.05) is 17.8 Å². The summed E-state index contributed by atoms with van der Waals surface area (Å²) in [7, 11) is 0. The molecule has 0 aliphatic carbocycles. The molecule has 0 aliphatic rings. The van der Waals surface area contributed by atoms with Crippen LogP contribution in [0.25, 0.3) is 5.95 Å². The van der Waals surface area contributed by atoms with E-state index < -0.39 is 0 Å². The van der Waals surface area contributed by atoms with Crippen molar-refractivity contribution in [1.29, 1.82) is 0 Å². The summed E-state index contributed by atoms with van der Waals surface area (Å²) in [5.74, 6) is 0.529. The molecule has 24 heavy (non-hydrogen) atoms. The van der Waals surface area contributed by atoms with Gasteiger partial charge in [-0.1, -0.05) is 19.4 Å². The molecule has 7 nitrogen and oxygen atoms in total. The molecule has 3 rings (SSSR count). The Bertz CT molecular complexity index is 911. The van der Waals surface area contributed by atoms with Gasteiger partial charge in [-0.05, 0) is 24.8 Å². The minimum atomic E-state index is -0.243. The van der Waals surface area contributed by atoms with Crippen molar-refractivity contribution in [3.63, 3.8) is 0 Å². The molecule has 0 aliphatic heterocycles. The SMILES string of the molecule is CCCc1cc(=O)[nH]c(-n2nc(C)cc2NC(=O)c2cccs2)n1. The van der Waals surface area contributed by atoms with Crippen LogP contribution in [0, 0.1) is 6.92 Å². The van der Waals surface area contributed by atoms with Crippen LogP contribution in [0.2, 0.25) is 0 Å². The Morgan fingerprint density at radius 3 is 2.96 bits per heavy atom. The first-order valence-electron chi connectivity index (χ1n) is 7.59. The van der Waals surface area contributed by atoms with Crippen molar-refractivity contribution in [3.05, 3.63) is 56.3 Å². The zero-order valence-electron chi connectivity index (χ0n) is 13.4. The Morgan fingerprint density at radius 2 is 2.25 bits per heavy atom. The van der Waals surface area contributed by atoms with Gasteiger partial charge < -0.3 is 5.32 Å². The fourth-order valence-electron chi connectivity index (χ4n) is 2.31. The van der Waals surface area contributed by atoms with Crippen molar-refractivity contribution in [1.82, 2.24) is 19.7 Å². The minimum absolute atomic E-state index is 0.224. The zero-order chi connectivity index (χ0) is 17.1. The molecule has 0 radical (unpaired) electrons. The molecule has 124 valence electrons. The lowest BCUT2D eigenvalue weighted by molar-refractivity contribution is 0.103. The van der Waals surface area contributed by atoms with E-state index >= 15 is 0 Å². The maximum atomic E-state index is 12.3. The van der Waals surface area contributed by atoms with Crippen LogP contribution in [-0.2, 0) is 6.42 Å². The number of nitrogens with zero attached hydrogens (tertiary/aromatic N) is 3. The van der Waals surface area contributed by atoms with Crippen LogP contribution in [-0.4, -0.2) is 25.7 Å². The van der Waals surface area contributed by atoms with Crippen LogP contribution >= 0.6 is 11.3 Å². The third kappa shape index (κ3) is 3.43. The largest absolute Gasteiger partial charge is 0.306 e. The Morgan fingerprint density at radius 1 is 1.42 bits per heavy atom. The number of aromatic nitrogens is 4. The Balaban J connectivity index is 1.97. The van der Waals surface area contributed by atoms with Crippen LogP contribution in [0.3, 0.4) is 0 Å². The predicted molar refractivity (Wildman–Crippen MR) is 93.0 cm³/mol. The second kappa shape index (κ2) is 6.79. The lowest BCUT2D eigenvalue weighted by atomic mass is 10.2. The van der Waals surface area contributed by atoms with Gasteiger partial charge in [-0.25, -0.2) is 4.98 Å². The number of hydrogen-bond donors (Lipinski definition) is 2. The van der Waals surface area contributed by atoms with E-state index in [1.165, 1.54) is 22.1 Å². The molecule has 0 spiro atoms. The highest BCUT2D eigenvalue weighted by Crippen LogP contribution is 2.17. The highest BCUT2D eigenvalue weighted by molar-refractivity contribution is 7.12. The molecule has 0 unspecified atom stereocenters. The molecule has 0 bridgehead atoms. The van der Waals surface area contributed by atoms with Gasteiger partial charge in [-0.3, -0.25) is 14.6 Å². The first kappa shape index (κ1) is 16.1. The van der Waals surface area contributed by atoms with Gasteiger partial charge in [-0.15, -0.1) is 11.3 Å². The Kier molecular flexibility index (Phi) is 4.57. The summed E-state index contributed by atoms with van der Waals surface area (Å²) in [5, 5.41) is 8.98. The number of aryl methyl sites for hydroxylation is 2. The molecule has 0 atom stereocenters. The first-order valence-corrected chi connectivity index (χ1v) is 8.47. The van der Waals surface area contributed by atoms with Crippen LogP contribution in [0.4, 0.5) is 5.82 Å². The maximum absolute atomic E-state index is 12.3. The number of thiophene rings is 1. The number of amides is 1.